The van der Waals surface area contributed by atoms with E-state index in [-0.39, 0.29) is 12.7 Å². The molecule has 0 fully saturated rings. The van der Waals surface area contributed by atoms with E-state index in [0.29, 0.717) is 22.6 Å². The monoisotopic (exact) mass is 405 g/mol. The molecule has 0 saturated heterocycles. The van der Waals surface area contributed by atoms with Crippen LogP contribution >= 0.6 is 22.9 Å². The molecule has 0 radical (unpaired) electrons. The van der Waals surface area contributed by atoms with Gasteiger partial charge in [0.15, 0.2) is 11.5 Å². The minimum Gasteiger partial charge on any atom is -0.454 e. The van der Waals surface area contributed by atoms with E-state index in [0.717, 1.165) is 35.6 Å². The maximum Gasteiger partial charge on any atom is 0.256 e. The zero-order valence-electron chi connectivity index (χ0n) is 15.1. The summed E-state index contributed by atoms with van der Waals surface area (Å²) in [6.07, 6.45) is 0.512. The number of anilines is 1. The number of nitrogens with one attached hydrogen (secondary N) is 2. The highest BCUT2D eigenvalue weighted by molar-refractivity contribution is 7.16. The lowest BCUT2D eigenvalue weighted by Gasteiger charge is -2.31. The lowest BCUT2D eigenvalue weighted by molar-refractivity contribution is 0.0934. The second kappa shape index (κ2) is 6.29. The molecule has 3 aliphatic heterocycles. The second-order valence-electron chi connectivity index (χ2n) is 7.30. The van der Waals surface area contributed by atoms with Crippen molar-refractivity contribution in [2.24, 2.45) is 0 Å². The predicted molar refractivity (Wildman–Crippen MR) is 105 cm³/mol. The third-order valence-corrected chi connectivity index (χ3v) is 6.87. The van der Waals surface area contributed by atoms with Crippen LogP contribution in [0.4, 0.5) is 5.00 Å². The summed E-state index contributed by atoms with van der Waals surface area (Å²) in [7, 11) is 0. The number of benzene rings is 1. The minimum absolute atomic E-state index is 0.0435. The standard InChI is InChI=1S/C19H20ClN3O3S/c1-9(2)23-4-3-10-15(7-23)27-19-16(10)18(24)21-17(22-19)11-5-13-14(6-12(11)20)26-8-25-13/h5-6,9,17,22H,3-4,7-8H2,1-2H3,(H,21,24). The molecule has 3 aliphatic rings. The summed E-state index contributed by atoms with van der Waals surface area (Å²) in [5.41, 5.74) is 2.76. The molecular formula is C19H20ClN3O3S. The van der Waals surface area contributed by atoms with Crippen LogP contribution in [0.25, 0.3) is 0 Å². The average Bonchev–Trinajstić information content (AvgIpc) is 3.23. The van der Waals surface area contributed by atoms with Gasteiger partial charge in [-0.1, -0.05) is 11.6 Å². The lowest BCUT2D eigenvalue weighted by Crippen LogP contribution is -2.39. The molecule has 1 aromatic carbocycles. The van der Waals surface area contributed by atoms with Crippen molar-refractivity contribution >= 4 is 33.8 Å². The molecule has 2 aromatic rings. The number of hydrogen-bond donors (Lipinski definition) is 2. The van der Waals surface area contributed by atoms with Crippen molar-refractivity contribution in [1.29, 1.82) is 0 Å². The molecule has 0 aliphatic carbocycles. The van der Waals surface area contributed by atoms with Gasteiger partial charge in [-0.2, -0.15) is 0 Å². The predicted octanol–water partition coefficient (Wildman–Crippen LogP) is 3.75. The number of carbonyl (C=O) groups excluding carboxylic acids is 1. The van der Waals surface area contributed by atoms with Crippen molar-refractivity contribution in [3.8, 4) is 11.5 Å². The molecule has 1 aromatic heterocycles. The number of ether oxygens (including phenoxy) is 2. The highest BCUT2D eigenvalue weighted by Gasteiger charge is 2.35. The Morgan fingerprint density at radius 1 is 1.26 bits per heavy atom. The van der Waals surface area contributed by atoms with Crippen molar-refractivity contribution in [3.05, 3.63) is 38.7 Å². The molecule has 1 atom stereocenters. The topological polar surface area (TPSA) is 62.8 Å². The average molecular weight is 406 g/mol. The van der Waals surface area contributed by atoms with Crippen LogP contribution in [0.5, 0.6) is 11.5 Å². The van der Waals surface area contributed by atoms with Crippen LogP contribution in [0.3, 0.4) is 0 Å². The number of rotatable bonds is 2. The Hall–Kier alpha value is -1.96. The second-order valence-corrected chi connectivity index (χ2v) is 8.81. The quantitative estimate of drug-likeness (QED) is 0.796. The molecule has 2 N–H and O–H groups in total. The largest absolute Gasteiger partial charge is 0.454 e. The molecule has 6 nitrogen and oxygen atoms in total. The number of hydrogen-bond acceptors (Lipinski definition) is 6. The van der Waals surface area contributed by atoms with Crippen molar-refractivity contribution in [2.75, 3.05) is 18.7 Å². The Bertz CT molecular complexity index is 943. The van der Waals surface area contributed by atoms with Crippen LogP contribution < -0.4 is 20.1 Å². The molecule has 0 spiro atoms. The van der Waals surface area contributed by atoms with E-state index in [1.54, 1.807) is 17.4 Å². The van der Waals surface area contributed by atoms with Gasteiger partial charge in [0.05, 0.1) is 10.6 Å². The SMILES string of the molecule is CC(C)N1CCc2c(sc3c2C(=O)NC(c2cc4c(cc2Cl)OCO4)N3)C1. The Balaban J connectivity index is 1.48. The van der Waals surface area contributed by atoms with E-state index in [9.17, 15) is 4.79 Å². The molecule has 8 heteroatoms. The van der Waals surface area contributed by atoms with Gasteiger partial charge < -0.3 is 20.1 Å². The number of amides is 1. The number of halogens is 1. The molecule has 27 heavy (non-hydrogen) atoms. The minimum atomic E-state index is -0.395. The molecule has 4 heterocycles. The van der Waals surface area contributed by atoms with E-state index in [1.807, 2.05) is 6.07 Å². The maximum atomic E-state index is 12.9. The Labute approximate surface area is 166 Å². The molecule has 0 saturated carbocycles. The van der Waals surface area contributed by atoms with Crippen molar-refractivity contribution in [1.82, 2.24) is 10.2 Å². The van der Waals surface area contributed by atoms with E-state index in [1.165, 1.54) is 10.4 Å². The summed E-state index contributed by atoms with van der Waals surface area (Å²) >= 11 is 8.12. The van der Waals surface area contributed by atoms with E-state index < -0.39 is 6.17 Å². The first kappa shape index (κ1) is 17.2. The summed E-state index contributed by atoms with van der Waals surface area (Å²) < 4.78 is 10.8. The smallest absolute Gasteiger partial charge is 0.256 e. The Kier molecular flexibility index (Phi) is 4.00. The normalized spacial score (nSPS) is 20.9. The zero-order valence-corrected chi connectivity index (χ0v) is 16.7. The molecule has 1 unspecified atom stereocenters. The van der Waals surface area contributed by atoms with Gasteiger partial charge in [-0.05, 0) is 31.9 Å². The molecule has 5 rings (SSSR count). The molecule has 0 bridgehead atoms. The van der Waals surface area contributed by atoms with E-state index >= 15 is 0 Å². The van der Waals surface area contributed by atoms with Crippen molar-refractivity contribution < 1.29 is 14.3 Å². The van der Waals surface area contributed by atoms with Gasteiger partial charge in [-0.15, -0.1) is 11.3 Å². The van der Waals surface area contributed by atoms with Gasteiger partial charge in [-0.3, -0.25) is 9.69 Å². The zero-order chi connectivity index (χ0) is 18.7. The molecule has 1 amide bonds. The van der Waals surface area contributed by atoms with Crippen molar-refractivity contribution in [3.63, 3.8) is 0 Å². The molecular weight excluding hydrogens is 386 g/mol. The van der Waals surface area contributed by atoms with E-state index in [4.69, 9.17) is 21.1 Å². The van der Waals surface area contributed by atoms with Crippen LogP contribution in [0.15, 0.2) is 12.1 Å². The third kappa shape index (κ3) is 2.76. The fourth-order valence-electron chi connectivity index (χ4n) is 3.89. The first-order valence-corrected chi connectivity index (χ1v) is 10.3. The van der Waals surface area contributed by atoms with Crippen LogP contribution in [0.1, 0.15) is 46.4 Å². The summed E-state index contributed by atoms with van der Waals surface area (Å²) in [5, 5.41) is 7.98. The van der Waals surface area contributed by atoms with Gasteiger partial charge in [-0.25, -0.2) is 0 Å². The van der Waals surface area contributed by atoms with Crippen LogP contribution in [0, 0.1) is 0 Å². The van der Waals surface area contributed by atoms with Gasteiger partial charge in [0.25, 0.3) is 5.91 Å². The molecule has 142 valence electrons. The summed E-state index contributed by atoms with van der Waals surface area (Å²) in [4.78, 5) is 16.6. The van der Waals surface area contributed by atoms with Gasteiger partial charge in [0.1, 0.15) is 11.2 Å². The van der Waals surface area contributed by atoms with Crippen LogP contribution in [-0.4, -0.2) is 30.2 Å². The Morgan fingerprint density at radius 3 is 2.81 bits per heavy atom. The number of fused-ring (bicyclic) bond motifs is 4. The Morgan fingerprint density at radius 2 is 2.04 bits per heavy atom. The fraction of sp³-hybridized carbons (Fsp3) is 0.421. The summed E-state index contributed by atoms with van der Waals surface area (Å²) in [5.74, 6) is 1.24. The highest BCUT2D eigenvalue weighted by atomic mass is 35.5. The summed E-state index contributed by atoms with van der Waals surface area (Å²) in [6, 6.07) is 4.07. The van der Waals surface area contributed by atoms with Crippen LogP contribution in [0.2, 0.25) is 5.02 Å². The lowest BCUT2D eigenvalue weighted by atomic mass is 9.99. The maximum absolute atomic E-state index is 12.9. The third-order valence-electron chi connectivity index (χ3n) is 5.40. The number of thiophene rings is 1. The van der Waals surface area contributed by atoms with Crippen LogP contribution in [-0.2, 0) is 13.0 Å². The van der Waals surface area contributed by atoms with Gasteiger partial charge in [0.2, 0.25) is 6.79 Å². The van der Waals surface area contributed by atoms with Crippen molar-refractivity contribution in [2.45, 2.75) is 39.0 Å². The van der Waals surface area contributed by atoms with Gasteiger partial charge >= 0.3 is 0 Å². The highest BCUT2D eigenvalue weighted by Crippen LogP contribution is 2.44. The van der Waals surface area contributed by atoms with Gasteiger partial charge in [0, 0.05) is 35.6 Å². The number of nitrogens with zero attached hydrogens (tertiary/aromatic N) is 1. The first-order chi connectivity index (χ1) is 13.0. The first-order valence-electron chi connectivity index (χ1n) is 9.06. The fourth-order valence-corrected chi connectivity index (χ4v) is 5.45. The summed E-state index contributed by atoms with van der Waals surface area (Å²) in [6.45, 7) is 6.49. The van der Waals surface area contributed by atoms with E-state index in [2.05, 4.69) is 29.4 Å². The number of carbonyl (C=O) groups is 1.